The van der Waals surface area contributed by atoms with Crippen molar-refractivity contribution >= 4 is 89.4 Å². The summed E-state index contributed by atoms with van der Waals surface area (Å²) in [6.07, 6.45) is 11.4. The minimum Gasteiger partial charge on any atom is -0.512 e. The molecule has 0 unspecified atom stereocenters. The Balaban J connectivity index is 0.000000200. The number of fused-ring (bicyclic) bond motifs is 18. The van der Waals surface area contributed by atoms with Crippen molar-refractivity contribution in [3.8, 4) is 89.5 Å². The molecule has 12 aromatic carbocycles. The van der Waals surface area contributed by atoms with E-state index in [4.69, 9.17) is 36.9 Å². The van der Waals surface area contributed by atoms with Crippen LogP contribution < -0.4 is 0 Å². The fourth-order valence-corrected chi connectivity index (χ4v) is 16.3. The van der Waals surface area contributed by atoms with Crippen molar-refractivity contribution < 1.29 is 156 Å². The number of ketones is 8. The molecule has 20 heteroatoms. The molecule has 4 aliphatic carbocycles. The number of pyridine rings is 4. The number of carbonyl (C=O) groups is 8. The van der Waals surface area contributed by atoms with Gasteiger partial charge in [-0.05, 0) is 203 Å². The van der Waals surface area contributed by atoms with Crippen LogP contribution in [0.3, 0.4) is 0 Å². The van der Waals surface area contributed by atoms with Crippen LogP contribution in [0.1, 0.15) is 180 Å². The van der Waals surface area contributed by atoms with Crippen LogP contribution in [0.5, 0.6) is 0 Å². The average molecular weight is 2520 g/mol. The van der Waals surface area contributed by atoms with Crippen LogP contribution in [0.15, 0.2) is 291 Å². The Kier molecular flexibility index (Phi) is 30.5. The van der Waals surface area contributed by atoms with Gasteiger partial charge in [-0.25, -0.2) is 0 Å². The predicted molar refractivity (Wildman–Crippen MR) is 526 cm³/mol. The first-order valence-electron chi connectivity index (χ1n) is 47.8. The molecule has 0 saturated heterocycles. The number of aromatic nitrogens is 4. The summed E-state index contributed by atoms with van der Waals surface area (Å²) in [5.74, 6) is -0.177. The van der Waals surface area contributed by atoms with Crippen molar-refractivity contribution in [2.45, 2.75) is 110 Å². The molecule has 4 aromatic heterocycles. The maximum absolute atomic E-state index is 13.1. The average Bonchev–Trinajstić information content (AvgIpc) is 1.60. The molecule has 4 radical (unpaired) electrons. The smallest absolute Gasteiger partial charge is 0.194 e. The Morgan fingerprint density at radius 2 is 0.529 bits per heavy atom. The zero-order chi connectivity index (χ0) is 105. The zero-order valence-electron chi connectivity index (χ0n) is 87.6. The second kappa shape index (κ2) is 46.6. The maximum Gasteiger partial charge on any atom is 0.194 e. The van der Waals surface area contributed by atoms with Crippen LogP contribution in [0.2, 0.25) is 0 Å². The van der Waals surface area contributed by atoms with Crippen LogP contribution in [-0.4, -0.2) is 86.6 Å². The third-order valence-corrected chi connectivity index (χ3v) is 21.2. The molecule has 4 heterocycles. The molecular formula is C116H96Ir4N4O12-4. The standard InChI is InChI=1S/4C24H16NO.4C5H8O2.4Ir/c1-14-9-15(2)11-17(10-14)23-20-13-21-18-5-3-4-6-19(18)24(26)22(21)12-16(20)7-8-25-23;1-14-9-15(2)11-17(10-14)23-20-13-22-21(12-16(20)7-8-25-23)18-5-3-4-6-19(18)24(22)26;1-14-11-15(2)13-16(12-14)23-19-7-8-21-22(18(19)9-10-25-23)17-5-3-4-6-20(17)24(21)26;1-14-11-15(2)13-16(12-14)23-20-8-7-18-17-5-3-4-6-21(17)24(26)22(18)19(20)9-10-25-23;4*1-4(6)3-5(2)7;;;;/h2*3-10,12-13H,1-2H3;2*3-12H,1-2H3;4*3,6H,1-2H3;;;;/q4*-1;;;;;;;;/i4*2D3;;;;;;;;. The van der Waals surface area contributed by atoms with Crippen LogP contribution in [0.4, 0.5) is 0 Å². The van der Waals surface area contributed by atoms with Gasteiger partial charge in [-0.3, -0.25) is 38.4 Å². The summed E-state index contributed by atoms with van der Waals surface area (Å²) < 4.78 is 92.8. The molecule has 16 nitrogen and oxygen atoms in total. The Morgan fingerprint density at radius 1 is 0.265 bits per heavy atom. The second-order valence-electron chi connectivity index (χ2n) is 32.1. The number of hydrogen-bond donors (Lipinski definition) is 4. The molecule has 16 aromatic rings. The van der Waals surface area contributed by atoms with Crippen molar-refractivity contribution in [3.05, 3.63) is 404 Å². The maximum atomic E-state index is 13.1. The monoisotopic (exact) mass is 2520 g/mol. The summed E-state index contributed by atoms with van der Waals surface area (Å²) in [5.41, 5.74) is 22.0. The summed E-state index contributed by atoms with van der Waals surface area (Å²) >= 11 is 0. The minimum atomic E-state index is -2.25. The van der Waals surface area contributed by atoms with Gasteiger partial charge in [0.1, 0.15) is 0 Å². The number of nitrogens with zero attached hydrogens (tertiary/aromatic N) is 4. The molecule has 0 spiro atoms. The topological polar surface area (TPSA) is 269 Å². The van der Waals surface area contributed by atoms with Crippen molar-refractivity contribution in [2.75, 3.05) is 0 Å². The molecular weight excluding hydrogens is 2410 g/mol. The van der Waals surface area contributed by atoms with E-state index >= 15 is 0 Å². The Hall–Kier alpha value is -13.6. The Bertz CT molecular complexity index is 7820. The molecule has 4 N–H and O–H groups in total. The molecule has 0 aliphatic heterocycles. The molecule has 0 fully saturated rings. The Labute approximate surface area is 862 Å². The largest absolute Gasteiger partial charge is 0.512 e. The molecule has 0 atom stereocenters. The molecule has 0 amide bonds. The molecule has 0 bridgehead atoms. The predicted octanol–water partition coefficient (Wildman–Crippen LogP) is 26.3. The van der Waals surface area contributed by atoms with Crippen LogP contribution in [0.25, 0.3) is 133 Å². The van der Waals surface area contributed by atoms with Gasteiger partial charge in [0.2, 0.25) is 0 Å². The first-order valence-corrected chi connectivity index (χ1v) is 41.8. The van der Waals surface area contributed by atoms with Gasteiger partial charge >= 0.3 is 0 Å². The normalized spacial score (nSPS) is 13.4. The molecule has 20 rings (SSSR count). The molecule has 136 heavy (non-hydrogen) atoms. The number of aliphatic hydroxyl groups is 4. The fraction of sp³-hybridized carbons (Fsp3) is 0.138. The number of allylic oxidation sites excluding steroid dienone is 8. The summed E-state index contributed by atoms with van der Waals surface area (Å²) in [6.45, 7) is 9.87. The van der Waals surface area contributed by atoms with E-state index in [0.717, 1.165) is 110 Å². The number of hydrogen-bond acceptors (Lipinski definition) is 16. The third kappa shape index (κ3) is 24.6. The quantitative estimate of drug-likeness (QED) is 0.0625. The van der Waals surface area contributed by atoms with Crippen LogP contribution >= 0.6 is 0 Å². The fourth-order valence-electron chi connectivity index (χ4n) is 16.3. The molecule has 0 saturated carbocycles. The summed E-state index contributed by atoms with van der Waals surface area (Å²) in [4.78, 5) is 110. The number of carbonyl (C=O) groups excluding carboxylic acids is 8. The van der Waals surface area contributed by atoms with Gasteiger partial charge in [0.15, 0.2) is 46.3 Å². The van der Waals surface area contributed by atoms with Gasteiger partial charge in [0, 0.05) is 196 Å². The summed E-state index contributed by atoms with van der Waals surface area (Å²) in [7, 11) is 0. The van der Waals surface area contributed by atoms with Gasteiger partial charge in [-0.2, -0.15) is 0 Å². The third-order valence-electron chi connectivity index (χ3n) is 21.2. The van der Waals surface area contributed by atoms with Crippen molar-refractivity contribution in [1.29, 1.82) is 0 Å². The second-order valence-corrected chi connectivity index (χ2v) is 32.1. The van der Waals surface area contributed by atoms with Crippen molar-refractivity contribution in [3.63, 3.8) is 0 Å². The van der Waals surface area contributed by atoms with E-state index < -0.39 is 27.4 Å². The van der Waals surface area contributed by atoms with Gasteiger partial charge in [-0.1, -0.05) is 182 Å². The first-order chi connectivity index (χ1) is 67.8. The van der Waals surface area contributed by atoms with E-state index in [0.29, 0.717) is 89.5 Å². The van der Waals surface area contributed by atoms with Gasteiger partial charge < -0.3 is 40.4 Å². The van der Waals surface area contributed by atoms with Gasteiger partial charge in [-0.15, -0.1) is 140 Å². The zero-order valence-corrected chi connectivity index (χ0v) is 85.2. The van der Waals surface area contributed by atoms with Crippen molar-refractivity contribution in [1.82, 2.24) is 19.9 Å². The number of aryl methyl sites for hydroxylation is 8. The Morgan fingerprint density at radius 3 is 0.868 bits per heavy atom. The number of benzene rings is 12. The van der Waals surface area contributed by atoms with E-state index in [1.54, 1.807) is 49.1 Å². The summed E-state index contributed by atoms with van der Waals surface area (Å²) in [6, 6.07) is 79.5. The van der Waals surface area contributed by atoms with Crippen LogP contribution in [0, 0.1) is 79.4 Å². The van der Waals surface area contributed by atoms with E-state index in [9.17, 15) is 38.4 Å². The number of aliphatic hydroxyl groups excluding tert-OH is 4. The van der Waals surface area contributed by atoms with E-state index in [-0.39, 0.29) is 172 Å². The van der Waals surface area contributed by atoms with Crippen LogP contribution in [-0.2, 0) is 99.6 Å². The summed E-state index contributed by atoms with van der Waals surface area (Å²) in [5, 5.41) is 40.4. The van der Waals surface area contributed by atoms with Gasteiger partial charge in [0.05, 0.1) is 23.0 Å². The minimum absolute atomic E-state index is 0. The van der Waals surface area contributed by atoms with E-state index in [2.05, 4.69) is 44.2 Å². The van der Waals surface area contributed by atoms with Crippen molar-refractivity contribution in [2.24, 2.45) is 0 Å². The molecule has 4 aliphatic rings. The molecule has 692 valence electrons. The number of rotatable bonds is 8. The van der Waals surface area contributed by atoms with Gasteiger partial charge in [0.25, 0.3) is 0 Å². The SMILES string of the molecule is CC(=O)C=C(C)O.CC(=O)C=C(C)O.CC(=O)C=C(C)O.CC(=O)C=C(C)O.[2H]C([2H])([2H])c1[c-]c(-c2nccc3c4c(ccc23)-c2ccccc2C4=O)cc(C)c1.[2H]C([2H])([2H])c1[c-]c(-c2nccc3c4c(ccc23)C(=O)c2ccccc2-4)cc(C)c1.[2H]C([2H])([2H])c1[c-]c(-c2nccc3cc4c(cc23)-c2ccccc2C4=O)cc(C)c1.[2H]C([2H])([2H])c1[c-]c(-c2nccc3cc4c(cc23)C(=O)c2ccccc2-4)cc(C)c1.[Ir].[Ir].[Ir].[Ir]. The first kappa shape index (κ1) is 89.0. The van der Waals surface area contributed by atoms with E-state index in [1.807, 2.05) is 222 Å². The van der Waals surface area contributed by atoms with E-state index in [1.165, 1.54) is 79.7 Å².